The lowest BCUT2D eigenvalue weighted by Gasteiger charge is -2.38. The number of carbonyl (C=O) groups excluding carboxylic acids is 1. The van der Waals surface area contributed by atoms with E-state index in [0.29, 0.717) is 18.7 Å². The van der Waals surface area contributed by atoms with Gasteiger partial charge in [0.2, 0.25) is 5.88 Å². The molecule has 3 aromatic rings. The van der Waals surface area contributed by atoms with Crippen LogP contribution in [0.1, 0.15) is 15.9 Å². The lowest BCUT2D eigenvalue weighted by molar-refractivity contribution is 0.0230. The van der Waals surface area contributed by atoms with Gasteiger partial charge < -0.3 is 14.4 Å². The van der Waals surface area contributed by atoms with Crippen molar-refractivity contribution in [3.05, 3.63) is 47.7 Å². The average molecular weight is 355 g/mol. The van der Waals surface area contributed by atoms with Gasteiger partial charge in [-0.25, -0.2) is 14.8 Å². The van der Waals surface area contributed by atoms with Gasteiger partial charge in [-0.1, -0.05) is 23.5 Å². The van der Waals surface area contributed by atoms with Crippen LogP contribution in [0.2, 0.25) is 0 Å². The largest absolute Gasteiger partial charge is 0.480 e. The highest BCUT2D eigenvalue weighted by molar-refractivity contribution is 7.22. The molecule has 0 aliphatic carbocycles. The van der Waals surface area contributed by atoms with Gasteiger partial charge in [-0.2, -0.15) is 0 Å². The highest BCUT2D eigenvalue weighted by atomic mass is 32.1. The molecule has 0 saturated carbocycles. The number of hydrogen-bond acceptors (Lipinski definition) is 7. The monoisotopic (exact) mass is 355 g/mol. The van der Waals surface area contributed by atoms with Gasteiger partial charge in [0.25, 0.3) is 0 Å². The van der Waals surface area contributed by atoms with E-state index < -0.39 is 5.97 Å². The molecule has 0 amide bonds. The molecule has 6 nitrogen and oxygen atoms in total. The molecule has 0 bridgehead atoms. The Hall–Kier alpha value is -2.67. The molecule has 0 atom stereocenters. The van der Waals surface area contributed by atoms with Crippen molar-refractivity contribution >= 4 is 32.7 Å². The maximum absolute atomic E-state index is 12.3. The van der Waals surface area contributed by atoms with Crippen molar-refractivity contribution in [1.29, 1.82) is 0 Å². The van der Waals surface area contributed by atoms with E-state index in [1.165, 1.54) is 17.4 Å². The second-order valence-corrected chi connectivity index (χ2v) is 6.92. The summed E-state index contributed by atoms with van der Waals surface area (Å²) in [7, 11) is 1.49. The lowest BCUT2D eigenvalue weighted by atomic mass is 10.2. The summed E-state index contributed by atoms with van der Waals surface area (Å²) in [4.78, 5) is 23.1. The van der Waals surface area contributed by atoms with E-state index in [9.17, 15) is 4.79 Å². The van der Waals surface area contributed by atoms with E-state index in [4.69, 9.17) is 14.5 Å². The number of benzene rings is 1. The van der Waals surface area contributed by atoms with Gasteiger partial charge in [0.05, 0.1) is 30.4 Å². The van der Waals surface area contributed by atoms with Gasteiger partial charge in [-0.3, -0.25) is 0 Å². The van der Waals surface area contributed by atoms with E-state index in [1.807, 2.05) is 6.07 Å². The minimum Gasteiger partial charge on any atom is -0.480 e. The minimum atomic E-state index is -0.408. The summed E-state index contributed by atoms with van der Waals surface area (Å²) in [6.45, 7) is 3.36. The fourth-order valence-corrected chi connectivity index (χ4v) is 3.86. The lowest BCUT2D eigenvalue weighted by Crippen LogP contribution is -2.53. The van der Waals surface area contributed by atoms with E-state index in [0.717, 1.165) is 10.6 Å². The number of nitrogens with zero attached hydrogens (tertiary/aromatic N) is 3. The molecule has 1 aliphatic rings. The molecule has 0 spiro atoms. The third-order valence-corrected chi connectivity index (χ3v) is 5.27. The summed E-state index contributed by atoms with van der Waals surface area (Å²) in [6, 6.07) is 9.53. The summed E-state index contributed by atoms with van der Waals surface area (Å²) in [5.41, 5.74) is 2.56. The number of rotatable bonds is 4. The Morgan fingerprint density at radius 3 is 2.88 bits per heavy atom. The van der Waals surface area contributed by atoms with E-state index in [-0.39, 0.29) is 12.0 Å². The maximum atomic E-state index is 12.3. The molecule has 4 rings (SSSR count). The molecule has 7 heteroatoms. The Kier molecular flexibility index (Phi) is 4.01. The fourth-order valence-electron chi connectivity index (χ4n) is 2.80. The van der Waals surface area contributed by atoms with Crippen LogP contribution >= 0.6 is 11.3 Å². The van der Waals surface area contributed by atoms with Crippen LogP contribution in [0.4, 0.5) is 5.13 Å². The molecule has 0 radical (unpaired) electrons. The van der Waals surface area contributed by atoms with Crippen LogP contribution in [0, 0.1) is 6.92 Å². The van der Waals surface area contributed by atoms with Crippen molar-refractivity contribution in [2.75, 3.05) is 25.1 Å². The van der Waals surface area contributed by atoms with Gasteiger partial charge in [0.15, 0.2) is 5.13 Å². The Balaban J connectivity index is 1.41. The Morgan fingerprint density at radius 2 is 2.12 bits per heavy atom. The number of aryl methyl sites for hydroxylation is 1. The summed E-state index contributed by atoms with van der Waals surface area (Å²) in [6.07, 6.45) is 1.43. The normalized spacial score (nSPS) is 14.4. The van der Waals surface area contributed by atoms with Crippen molar-refractivity contribution < 1.29 is 14.3 Å². The molecule has 128 valence electrons. The predicted molar refractivity (Wildman–Crippen MR) is 96.6 cm³/mol. The second kappa shape index (κ2) is 6.33. The predicted octanol–water partition coefficient (Wildman–Crippen LogP) is 3.05. The first-order valence-electron chi connectivity index (χ1n) is 7.97. The number of ether oxygens (including phenoxy) is 2. The summed E-state index contributed by atoms with van der Waals surface area (Å²) in [5, 5.41) is 0.968. The third kappa shape index (κ3) is 2.91. The molecular weight excluding hydrogens is 338 g/mol. The van der Waals surface area contributed by atoms with Gasteiger partial charge >= 0.3 is 5.97 Å². The molecule has 2 aromatic heterocycles. The number of para-hydroxylation sites is 1. The Labute approximate surface area is 149 Å². The van der Waals surface area contributed by atoms with Gasteiger partial charge in [-0.05, 0) is 30.7 Å². The maximum Gasteiger partial charge on any atom is 0.344 e. The van der Waals surface area contributed by atoms with E-state index >= 15 is 0 Å². The molecule has 3 heterocycles. The Bertz CT molecular complexity index is 934. The number of hydrogen-bond donors (Lipinski definition) is 0. The minimum absolute atomic E-state index is 0.148. The number of methoxy groups -OCH3 is 1. The molecule has 0 unspecified atom stereocenters. The topological polar surface area (TPSA) is 64.6 Å². The zero-order valence-corrected chi connectivity index (χ0v) is 14.7. The first-order chi connectivity index (χ1) is 12.2. The van der Waals surface area contributed by atoms with Crippen LogP contribution in [0.25, 0.3) is 10.2 Å². The zero-order chi connectivity index (χ0) is 17.4. The fraction of sp³-hybridized carbons (Fsp3) is 0.278. The quantitative estimate of drug-likeness (QED) is 0.670. The first kappa shape index (κ1) is 15.8. The molecule has 1 aromatic carbocycles. The SMILES string of the molecule is COc1ncccc1C(=O)OC1CN(c2nc3c(C)cccc3s2)C1. The molecular formula is C18H17N3O3S. The molecule has 0 N–H and O–H groups in total. The number of esters is 1. The summed E-state index contributed by atoms with van der Waals surface area (Å²) < 4.78 is 11.8. The summed E-state index contributed by atoms with van der Waals surface area (Å²) >= 11 is 1.66. The Morgan fingerprint density at radius 1 is 1.28 bits per heavy atom. The van der Waals surface area contributed by atoms with Crippen molar-refractivity contribution in [2.45, 2.75) is 13.0 Å². The van der Waals surface area contributed by atoms with Crippen molar-refractivity contribution in [1.82, 2.24) is 9.97 Å². The van der Waals surface area contributed by atoms with E-state index in [2.05, 4.69) is 28.9 Å². The number of thiazole rings is 1. The van der Waals surface area contributed by atoms with Crippen molar-refractivity contribution in [3.8, 4) is 5.88 Å². The molecule has 1 fully saturated rings. The number of aromatic nitrogens is 2. The van der Waals surface area contributed by atoms with Crippen LogP contribution in [0.3, 0.4) is 0 Å². The van der Waals surface area contributed by atoms with Crippen molar-refractivity contribution in [2.24, 2.45) is 0 Å². The van der Waals surface area contributed by atoms with Crippen LogP contribution < -0.4 is 9.64 Å². The number of anilines is 1. The van der Waals surface area contributed by atoms with Gasteiger partial charge in [-0.15, -0.1) is 0 Å². The smallest absolute Gasteiger partial charge is 0.344 e. The zero-order valence-electron chi connectivity index (χ0n) is 13.9. The molecule has 25 heavy (non-hydrogen) atoms. The van der Waals surface area contributed by atoms with Crippen LogP contribution in [-0.4, -0.2) is 42.2 Å². The van der Waals surface area contributed by atoms with Crippen LogP contribution in [-0.2, 0) is 4.74 Å². The average Bonchev–Trinajstić information content (AvgIpc) is 3.02. The standard InChI is InChI=1S/C18H17N3O3S/c1-11-5-3-7-14-15(11)20-18(25-14)21-9-12(10-21)24-17(22)13-6-4-8-19-16(13)23-2/h3-8,12H,9-10H2,1-2H3. The first-order valence-corrected chi connectivity index (χ1v) is 8.78. The third-order valence-electron chi connectivity index (χ3n) is 4.19. The van der Waals surface area contributed by atoms with Gasteiger partial charge in [0.1, 0.15) is 11.7 Å². The van der Waals surface area contributed by atoms with Crippen LogP contribution in [0.5, 0.6) is 5.88 Å². The summed E-state index contributed by atoms with van der Waals surface area (Å²) in [5.74, 6) is -0.125. The van der Waals surface area contributed by atoms with Gasteiger partial charge in [0, 0.05) is 6.20 Å². The van der Waals surface area contributed by atoms with Crippen LogP contribution in [0.15, 0.2) is 36.5 Å². The number of fused-ring (bicyclic) bond motifs is 1. The molecule has 1 saturated heterocycles. The number of pyridine rings is 1. The number of carbonyl (C=O) groups is 1. The van der Waals surface area contributed by atoms with E-state index in [1.54, 1.807) is 29.7 Å². The highest BCUT2D eigenvalue weighted by Crippen LogP contribution is 2.33. The van der Waals surface area contributed by atoms with Crippen molar-refractivity contribution in [3.63, 3.8) is 0 Å². The highest BCUT2D eigenvalue weighted by Gasteiger charge is 2.33. The molecule has 1 aliphatic heterocycles. The second-order valence-electron chi connectivity index (χ2n) is 5.91.